The highest BCUT2D eigenvalue weighted by Gasteiger charge is 2.36. The van der Waals surface area contributed by atoms with Gasteiger partial charge in [0.1, 0.15) is 17.4 Å². The number of carbonyl (C=O) groups is 1. The summed E-state index contributed by atoms with van der Waals surface area (Å²) >= 11 is 13.3. The molecule has 2 aliphatic rings. The number of carbonyl (C=O) groups excluding carboxylic acids is 1. The molecule has 0 unspecified atom stereocenters. The second kappa shape index (κ2) is 9.42. The van der Waals surface area contributed by atoms with E-state index in [4.69, 9.17) is 33.3 Å². The zero-order valence-corrected chi connectivity index (χ0v) is 19.7. The van der Waals surface area contributed by atoms with Gasteiger partial charge in [0, 0.05) is 33.6 Å². The van der Waals surface area contributed by atoms with Crippen molar-refractivity contribution in [3.8, 4) is 5.75 Å². The lowest BCUT2D eigenvalue weighted by Crippen LogP contribution is -2.35. The monoisotopic (exact) mass is 507 g/mol. The third kappa shape index (κ3) is 4.61. The summed E-state index contributed by atoms with van der Waals surface area (Å²) in [5, 5.41) is 16.4. The molecular weight excluding hydrogens is 493 g/mol. The third-order valence-corrected chi connectivity index (χ3v) is 6.51. The molecule has 3 heterocycles. The summed E-state index contributed by atoms with van der Waals surface area (Å²) in [7, 11) is 0. The number of hydrogen-bond acceptors (Lipinski definition) is 6. The van der Waals surface area contributed by atoms with Gasteiger partial charge < -0.3 is 4.74 Å². The Hall–Kier alpha value is -3.46. The van der Waals surface area contributed by atoms with E-state index in [0.29, 0.717) is 32.6 Å². The molecule has 2 aliphatic heterocycles. The van der Waals surface area contributed by atoms with Crippen LogP contribution in [0.4, 0.5) is 0 Å². The summed E-state index contributed by atoms with van der Waals surface area (Å²) in [6.07, 6.45) is 4.97. The number of halogens is 2. The third-order valence-electron chi connectivity index (χ3n) is 4.96. The fourth-order valence-corrected chi connectivity index (χ4v) is 4.57. The molecule has 2 aromatic carbocycles. The Balaban J connectivity index is 1.31. The smallest absolute Gasteiger partial charge is 0.283 e. The first-order chi connectivity index (χ1) is 16.5. The fourth-order valence-electron chi connectivity index (χ4n) is 3.22. The number of pyridine rings is 1. The Morgan fingerprint density at radius 2 is 1.94 bits per heavy atom. The Kier molecular flexibility index (Phi) is 6.19. The number of amidine groups is 2. The number of amides is 1. The van der Waals surface area contributed by atoms with Gasteiger partial charge in [0.15, 0.2) is 5.84 Å². The van der Waals surface area contributed by atoms with Crippen LogP contribution >= 0.6 is 35.0 Å². The Morgan fingerprint density at radius 3 is 2.68 bits per heavy atom. The van der Waals surface area contributed by atoms with Crippen LogP contribution < -0.4 is 4.74 Å². The van der Waals surface area contributed by atoms with Crippen molar-refractivity contribution in [2.45, 2.75) is 6.61 Å². The standard InChI is InChI=1S/C24H15Cl2N5O2S/c25-17-6-5-16(20(26)11-17)13-33-18-7-3-14(4-8-18)10-19-21(27)31-24(29-22(19)32)34-23(30-31)15-2-1-9-28-12-15/h1-12,27H,13H2/b19-10-,27-21?. The topological polar surface area (TPSA) is 91.0 Å². The van der Waals surface area contributed by atoms with E-state index in [2.05, 4.69) is 15.1 Å². The SMILES string of the molecule is N=C1/C(=C/c2ccc(OCc3ccc(Cl)cc3Cl)cc2)C(=O)N=C2SC(c3cccnc3)=NN12. The van der Waals surface area contributed by atoms with Gasteiger partial charge in [-0.25, -0.2) is 0 Å². The number of rotatable bonds is 5. The number of hydrogen-bond donors (Lipinski definition) is 1. The van der Waals surface area contributed by atoms with E-state index in [1.54, 1.807) is 60.9 Å². The van der Waals surface area contributed by atoms with E-state index in [9.17, 15) is 4.79 Å². The van der Waals surface area contributed by atoms with E-state index in [-0.39, 0.29) is 11.4 Å². The summed E-state index contributed by atoms with van der Waals surface area (Å²) in [6, 6.07) is 16.1. The molecule has 10 heteroatoms. The molecule has 0 saturated carbocycles. The van der Waals surface area contributed by atoms with Crippen LogP contribution in [0.15, 0.2) is 82.7 Å². The van der Waals surface area contributed by atoms with Gasteiger partial charge in [-0.15, -0.1) is 0 Å². The summed E-state index contributed by atoms with van der Waals surface area (Å²) in [5.74, 6) is 0.128. The number of aliphatic imine (C=N–C) groups is 1. The summed E-state index contributed by atoms with van der Waals surface area (Å²) in [6.45, 7) is 0.293. The summed E-state index contributed by atoms with van der Waals surface area (Å²) < 4.78 is 5.80. The molecular formula is C24H15Cl2N5O2S. The van der Waals surface area contributed by atoms with E-state index < -0.39 is 5.91 Å². The minimum Gasteiger partial charge on any atom is -0.489 e. The first-order valence-electron chi connectivity index (χ1n) is 10.1. The lowest BCUT2D eigenvalue weighted by atomic mass is 10.1. The van der Waals surface area contributed by atoms with Gasteiger partial charge in [-0.3, -0.25) is 15.2 Å². The molecule has 0 radical (unpaired) electrons. The van der Waals surface area contributed by atoms with Crippen molar-refractivity contribution in [3.05, 3.63) is 99.3 Å². The molecule has 5 rings (SSSR count). The Morgan fingerprint density at radius 1 is 1.12 bits per heavy atom. The highest BCUT2D eigenvalue weighted by atomic mass is 35.5. The summed E-state index contributed by atoms with van der Waals surface area (Å²) in [4.78, 5) is 20.8. The zero-order chi connectivity index (χ0) is 23.7. The number of benzene rings is 2. The van der Waals surface area contributed by atoms with Crippen LogP contribution in [0.1, 0.15) is 16.7 Å². The second-order valence-corrected chi connectivity index (χ2v) is 9.06. The van der Waals surface area contributed by atoms with E-state index in [1.165, 1.54) is 16.8 Å². The van der Waals surface area contributed by atoms with Gasteiger partial charge in [0.05, 0.1) is 5.57 Å². The average Bonchev–Trinajstić information content (AvgIpc) is 3.27. The minimum atomic E-state index is -0.482. The first-order valence-corrected chi connectivity index (χ1v) is 11.6. The first kappa shape index (κ1) is 22.3. The Labute approximate surface area is 209 Å². The normalized spacial score (nSPS) is 16.4. The van der Waals surface area contributed by atoms with Crippen LogP contribution in [0, 0.1) is 5.41 Å². The number of fused-ring (bicyclic) bond motifs is 1. The van der Waals surface area contributed by atoms with Crippen LogP contribution in [0.5, 0.6) is 5.75 Å². The van der Waals surface area contributed by atoms with Gasteiger partial charge >= 0.3 is 0 Å². The summed E-state index contributed by atoms with van der Waals surface area (Å²) in [5.41, 5.74) is 2.50. The van der Waals surface area contributed by atoms with Crippen molar-refractivity contribution >= 4 is 63.0 Å². The fraction of sp³-hybridized carbons (Fsp3) is 0.0417. The molecule has 0 bridgehead atoms. The number of ether oxygens (including phenoxy) is 1. The molecule has 0 spiro atoms. The van der Waals surface area contributed by atoms with Crippen LogP contribution in [-0.2, 0) is 11.4 Å². The number of nitrogens with zero attached hydrogens (tertiary/aromatic N) is 4. The van der Waals surface area contributed by atoms with Crippen molar-refractivity contribution in [2.75, 3.05) is 0 Å². The molecule has 0 fully saturated rings. The maximum Gasteiger partial charge on any atom is 0.283 e. The van der Waals surface area contributed by atoms with Gasteiger partial charge in [-0.05, 0) is 59.8 Å². The van der Waals surface area contributed by atoms with Gasteiger partial charge in [0.25, 0.3) is 5.91 Å². The zero-order valence-electron chi connectivity index (χ0n) is 17.4. The van der Waals surface area contributed by atoms with Gasteiger partial charge in [0.2, 0.25) is 5.17 Å². The lowest BCUT2D eigenvalue weighted by molar-refractivity contribution is -0.114. The van der Waals surface area contributed by atoms with Crippen LogP contribution in [0.3, 0.4) is 0 Å². The van der Waals surface area contributed by atoms with Crippen LogP contribution in [0.2, 0.25) is 10.0 Å². The van der Waals surface area contributed by atoms with Crippen molar-refractivity contribution in [3.63, 3.8) is 0 Å². The molecule has 168 valence electrons. The molecule has 1 aromatic heterocycles. The Bertz CT molecular complexity index is 1390. The van der Waals surface area contributed by atoms with Gasteiger partial charge in [-0.2, -0.15) is 15.1 Å². The number of nitrogens with one attached hydrogen (secondary N) is 1. The lowest BCUT2D eigenvalue weighted by Gasteiger charge is -2.20. The van der Waals surface area contributed by atoms with E-state index in [1.807, 2.05) is 12.1 Å². The molecule has 7 nitrogen and oxygen atoms in total. The molecule has 0 aliphatic carbocycles. The maximum atomic E-state index is 12.6. The van der Waals surface area contributed by atoms with Crippen molar-refractivity contribution in [1.29, 1.82) is 5.41 Å². The van der Waals surface area contributed by atoms with Gasteiger partial charge in [-0.1, -0.05) is 41.4 Å². The highest BCUT2D eigenvalue weighted by molar-refractivity contribution is 8.27. The largest absolute Gasteiger partial charge is 0.489 e. The molecule has 1 amide bonds. The van der Waals surface area contributed by atoms with Crippen molar-refractivity contribution in [1.82, 2.24) is 9.99 Å². The molecule has 3 aromatic rings. The predicted molar refractivity (Wildman–Crippen MR) is 136 cm³/mol. The molecule has 1 N–H and O–H groups in total. The average molecular weight is 508 g/mol. The number of hydrazone groups is 1. The minimum absolute atomic E-state index is 0.0286. The molecule has 0 atom stereocenters. The van der Waals surface area contributed by atoms with Crippen molar-refractivity contribution in [2.24, 2.45) is 10.1 Å². The van der Waals surface area contributed by atoms with Crippen molar-refractivity contribution < 1.29 is 9.53 Å². The number of aromatic nitrogens is 1. The van der Waals surface area contributed by atoms with Crippen LogP contribution in [0.25, 0.3) is 6.08 Å². The predicted octanol–water partition coefficient (Wildman–Crippen LogP) is 5.63. The van der Waals surface area contributed by atoms with E-state index in [0.717, 1.165) is 16.7 Å². The number of thioether (sulfide) groups is 1. The molecule has 0 saturated heterocycles. The quantitative estimate of drug-likeness (QED) is 0.451. The highest BCUT2D eigenvalue weighted by Crippen LogP contribution is 2.31. The van der Waals surface area contributed by atoms with E-state index >= 15 is 0 Å². The van der Waals surface area contributed by atoms with Crippen LogP contribution in [-0.4, -0.2) is 31.9 Å². The molecule has 34 heavy (non-hydrogen) atoms. The maximum absolute atomic E-state index is 12.6. The second-order valence-electron chi connectivity index (χ2n) is 7.26.